The molecule has 0 saturated carbocycles. The molecule has 1 aliphatic rings. The van der Waals surface area contributed by atoms with Crippen molar-refractivity contribution in [1.82, 2.24) is 0 Å². The highest BCUT2D eigenvalue weighted by Gasteiger charge is 2.40. The maximum Gasteiger partial charge on any atom is 0.282 e. The molecule has 0 spiro atoms. The van der Waals surface area contributed by atoms with Crippen LogP contribution in [0.1, 0.15) is 33.4 Å². The van der Waals surface area contributed by atoms with Crippen LogP contribution in [-0.4, -0.2) is 11.8 Å². The highest BCUT2D eigenvalue weighted by atomic mass is 16.2. The van der Waals surface area contributed by atoms with E-state index in [1.807, 2.05) is 83.1 Å². The van der Waals surface area contributed by atoms with Gasteiger partial charge in [-0.2, -0.15) is 0 Å². The smallest absolute Gasteiger partial charge is 0.282 e. The Kier molecular flexibility index (Phi) is 5.24. The van der Waals surface area contributed by atoms with Crippen molar-refractivity contribution in [3.63, 3.8) is 0 Å². The molecule has 0 atom stereocenters. The van der Waals surface area contributed by atoms with Gasteiger partial charge in [-0.15, -0.1) is 0 Å². The minimum absolute atomic E-state index is 0.310. The number of anilines is 2. The zero-order chi connectivity index (χ0) is 22.3. The molecule has 2 amide bonds. The average molecular weight is 411 g/mol. The summed E-state index contributed by atoms with van der Waals surface area (Å²) >= 11 is 0. The standard InChI is InChI=1S/C27H26N2O2/c1-16-7-6-8-21(15-16)29-26(30)24(22-11-9-17(2)13-19(22)4)25(27(29)31)28-23-12-10-18(3)14-20(23)5/h6-15,28H,1-5H3. The van der Waals surface area contributed by atoms with Crippen molar-refractivity contribution < 1.29 is 9.59 Å². The fourth-order valence-electron chi connectivity index (χ4n) is 4.08. The van der Waals surface area contributed by atoms with Crippen molar-refractivity contribution in [3.05, 3.63) is 99.7 Å². The molecular weight excluding hydrogens is 384 g/mol. The number of amides is 2. The van der Waals surface area contributed by atoms with Crippen molar-refractivity contribution in [1.29, 1.82) is 0 Å². The van der Waals surface area contributed by atoms with E-state index in [0.29, 0.717) is 17.0 Å². The molecule has 0 radical (unpaired) electrons. The molecule has 156 valence electrons. The van der Waals surface area contributed by atoms with Crippen LogP contribution >= 0.6 is 0 Å². The molecule has 3 aromatic rings. The van der Waals surface area contributed by atoms with Crippen molar-refractivity contribution in [3.8, 4) is 0 Å². The lowest BCUT2D eigenvalue weighted by atomic mass is 9.97. The van der Waals surface area contributed by atoms with E-state index in [0.717, 1.165) is 39.1 Å². The second kappa shape index (κ2) is 7.88. The third-order valence-corrected chi connectivity index (χ3v) is 5.64. The van der Waals surface area contributed by atoms with Crippen LogP contribution in [0.25, 0.3) is 5.57 Å². The van der Waals surface area contributed by atoms with Crippen molar-refractivity contribution >= 4 is 28.8 Å². The van der Waals surface area contributed by atoms with Crippen LogP contribution in [0.2, 0.25) is 0 Å². The van der Waals surface area contributed by atoms with Crippen LogP contribution in [0.5, 0.6) is 0 Å². The molecule has 0 aromatic heterocycles. The Morgan fingerprint density at radius 3 is 1.97 bits per heavy atom. The van der Waals surface area contributed by atoms with Gasteiger partial charge in [0.1, 0.15) is 5.70 Å². The normalized spacial score (nSPS) is 13.9. The number of aryl methyl sites for hydroxylation is 5. The lowest BCUT2D eigenvalue weighted by Gasteiger charge is -2.16. The van der Waals surface area contributed by atoms with E-state index in [1.165, 1.54) is 4.90 Å². The number of imide groups is 1. The van der Waals surface area contributed by atoms with Crippen LogP contribution in [0.4, 0.5) is 11.4 Å². The summed E-state index contributed by atoms with van der Waals surface area (Å²) in [5.41, 5.74) is 8.09. The van der Waals surface area contributed by atoms with E-state index in [-0.39, 0.29) is 11.8 Å². The van der Waals surface area contributed by atoms with Gasteiger partial charge in [-0.05, 0) is 75.1 Å². The van der Waals surface area contributed by atoms with E-state index in [2.05, 4.69) is 11.4 Å². The van der Waals surface area contributed by atoms with Gasteiger partial charge in [0.05, 0.1) is 11.3 Å². The second-order valence-corrected chi connectivity index (χ2v) is 8.30. The fourth-order valence-corrected chi connectivity index (χ4v) is 4.08. The molecule has 0 saturated heterocycles. The lowest BCUT2D eigenvalue weighted by Crippen LogP contribution is -2.32. The molecule has 3 aromatic carbocycles. The predicted molar refractivity (Wildman–Crippen MR) is 126 cm³/mol. The van der Waals surface area contributed by atoms with Crippen molar-refractivity contribution in [2.75, 3.05) is 10.2 Å². The number of benzene rings is 3. The second-order valence-electron chi connectivity index (χ2n) is 8.30. The topological polar surface area (TPSA) is 49.4 Å². The van der Waals surface area contributed by atoms with Gasteiger partial charge in [0.15, 0.2) is 0 Å². The molecule has 0 aliphatic carbocycles. The largest absolute Gasteiger partial charge is 0.350 e. The van der Waals surface area contributed by atoms with Crippen LogP contribution in [0.15, 0.2) is 66.4 Å². The van der Waals surface area contributed by atoms with Gasteiger partial charge in [0.2, 0.25) is 0 Å². The minimum Gasteiger partial charge on any atom is -0.350 e. The number of hydrogen-bond donors (Lipinski definition) is 1. The Morgan fingerprint density at radius 2 is 1.32 bits per heavy atom. The Balaban J connectivity index is 1.88. The third-order valence-electron chi connectivity index (χ3n) is 5.64. The molecule has 0 fully saturated rings. The summed E-state index contributed by atoms with van der Waals surface area (Å²) in [6.07, 6.45) is 0. The maximum absolute atomic E-state index is 13.6. The summed E-state index contributed by atoms with van der Waals surface area (Å²) in [6, 6.07) is 19.4. The van der Waals surface area contributed by atoms with Crippen molar-refractivity contribution in [2.45, 2.75) is 34.6 Å². The van der Waals surface area contributed by atoms with Crippen LogP contribution in [0, 0.1) is 34.6 Å². The summed E-state index contributed by atoms with van der Waals surface area (Å²) in [5.74, 6) is -0.652. The van der Waals surface area contributed by atoms with E-state index in [9.17, 15) is 9.59 Å². The minimum atomic E-state index is -0.342. The highest BCUT2D eigenvalue weighted by molar-refractivity contribution is 6.46. The number of rotatable bonds is 4. The Hall–Kier alpha value is -3.66. The molecule has 4 heteroatoms. The van der Waals surface area contributed by atoms with Gasteiger partial charge in [0, 0.05) is 5.69 Å². The Bertz CT molecular complexity index is 1250. The first-order chi connectivity index (χ1) is 14.8. The summed E-state index contributed by atoms with van der Waals surface area (Å²) in [6.45, 7) is 9.95. The van der Waals surface area contributed by atoms with Gasteiger partial charge in [-0.3, -0.25) is 9.59 Å². The van der Waals surface area contributed by atoms with Gasteiger partial charge < -0.3 is 5.32 Å². The summed E-state index contributed by atoms with van der Waals surface area (Å²) in [7, 11) is 0. The van der Waals surface area contributed by atoms with Crippen LogP contribution in [-0.2, 0) is 9.59 Å². The predicted octanol–water partition coefficient (Wildman–Crippen LogP) is 5.63. The Morgan fingerprint density at radius 1 is 0.677 bits per heavy atom. The van der Waals surface area contributed by atoms with Crippen LogP contribution < -0.4 is 10.2 Å². The van der Waals surface area contributed by atoms with Gasteiger partial charge >= 0.3 is 0 Å². The van der Waals surface area contributed by atoms with E-state index >= 15 is 0 Å². The first-order valence-corrected chi connectivity index (χ1v) is 10.4. The maximum atomic E-state index is 13.6. The van der Waals surface area contributed by atoms with E-state index < -0.39 is 0 Å². The molecule has 4 rings (SSSR count). The zero-order valence-electron chi connectivity index (χ0n) is 18.5. The van der Waals surface area contributed by atoms with Gasteiger partial charge in [-0.25, -0.2) is 4.90 Å². The molecule has 1 N–H and O–H groups in total. The van der Waals surface area contributed by atoms with Gasteiger partial charge in [-0.1, -0.05) is 53.6 Å². The lowest BCUT2D eigenvalue weighted by molar-refractivity contribution is -0.120. The third kappa shape index (κ3) is 3.77. The number of carbonyl (C=O) groups is 2. The summed E-state index contributed by atoms with van der Waals surface area (Å²) < 4.78 is 0. The van der Waals surface area contributed by atoms with Gasteiger partial charge in [0.25, 0.3) is 11.8 Å². The average Bonchev–Trinajstić information content (AvgIpc) is 2.94. The molecule has 1 heterocycles. The highest BCUT2D eigenvalue weighted by Crippen LogP contribution is 2.36. The molecule has 4 nitrogen and oxygen atoms in total. The molecule has 31 heavy (non-hydrogen) atoms. The monoisotopic (exact) mass is 410 g/mol. The number of nitrogens with one attached hydrogen (secondary N) is 1. The Labute approximate surface area is 183 Å². The quantitative estimate of drug-likeness (QED) is 0.568. The molecule has 1 aliphatic heterocycles. The van der Waals surface area contributed by atoms with E-state index in [4.69, 9.17) is 0 Å². The number of hydrogen-bond acceptors (Lipinski definition) is 3. The summed E-state index contributed by atoms with van der Waals surface area (Å²) in [5, 5.41) is 3.29. The molecule has 0 bridgehead atoms. The molecule has 0 unspecified atom stereocenters. The molecular formula is C27H26N2O2. The number of nitrogens with zero attached hydrogens (tertiary/aromatic N) is 1. The van der Waals surface area contributed by atoms with Crippen LogP contribution in [0.3, 0.4) is 0 Å². The van der Waals surface area contributed by atoms with E-state index in [1.54, 1.807) is 6.07 Å². The SMILES string of the molecule is Cc1cccc(N2C(=O)C(Nc3ccc(C)cc3C)=C(c3ccc(C)cc3C)C2=O)c1. The zero-order valence-corrected chi connectivity index (χ0v) is 18.5. The fraction of sp³-hybridized carbons (Fsp3) is 0.185. The van der Waals surface area contributed by atoms with Crippen molar-refractivity contribution in [2.24, 2.45) is 0 Å². The first kappa shape index (κ1) is 20.6. The number of carbonyl (C=O) groups excluding carboxylic acids is 2. The first-order valence-electron chi connectivity index (χ1n) is 10.4. The summed E-state index contributed by atoms with van der Waals surface area (Å²) in [4.78, 5) is 28.4.